The predicted octanol–water partition coefficient (Wildman–Crippen LogP) is -1.37. The molecule has 0 spiro atoms. The van der Waals surface area contributed by atoms with E-state index in [1.165, 1.54) is 0 Å². The summed E-state index contributed by atoms with van der Waals surface area (Å²) in [7, 11) is 0. The van der Waals surface area contributed by atoms with Crippen molar-refractivity contribution in [3.8, 4) is 0 Å². The highest BCUT2D eigenvalue weighted by Crippen LogP contribution is 1.79. The Balaban J connectivity index is 3.16. The Bertz CT molecular complexity index is 51.7. The maximum atomic E-state index is 9.68. The third kappa shape index (κ3) is 2.31. The molecule has 0 aromatic carbocycles. The molecular formula is C4H9N2O. The Hall–Kier alpha value is -0.410. The molecule has 0 aliphatic carbocycles. The minimum absolute atomic E-state index is 0.264. The van der Waals surface area contributed by atoms with E-state index in [0.29, 0.717) is 13.1 Å². The van der Waals surface area contributed by atoms with Gasteiger partial charge in [-0.25, -0.2) is 0 Å². The molecule has 0 amide bonds. The molecule has 7 heavy (non-hydrogen) atoms. The van der Waals surface area contributed by atoms with Gasteiger partial charge in [0.05, 0.1) is 0 Å². The molecule has 1 radical (unpaired) electrons. The van der Waals surface area contributed by atoms with Crippen molar-refractivity contribution in [2.45, 2.75) is 0 Å². The smallest absolute Gasteiger partial charge is 0.204 e. The summed E-state index contributed by atoms with van der Waals surface area (Å²) in [5.74, 6) is -0.264. The van der Waals surface area contributed by atoms with E-state index in [9.17, 15) is 4.79 Å². The largest absolute Gasteiger partial charge is 0.330 e. The molecule has 3 nitrogen and oxygen atoms in total. The molecule has 0 fully saturated rings. The van der Waals surface area contributed by atoms with Gasteiger partial charge in [0.25, 0.3) is 0 Å². The van der Waals surface area contributed by atoms with Crippen molar-refractivity contribution < 1.29 is 4.79 Å². The van der Waals surface area contributed by atoms with E-state index in [2.05, 4.69) is 0 Å². The number of carbonyl (C=O) groups excluding carboxylic acids is 1. The second-order valence-corrected chi connectivity index (χ2v) is 1.29. The van der Waals surface area contributed by atoms with Gasteiger partial charge in [-0.2, -0.15) is 0 Å². The summed E-state index contributed by atoms with van der Waals surface area (Å²) < 4.78 is 0. The van der Waals surface area contributed by atoms with Crippen LogP contribution in [0.4, 0.5) is 0 Å². The first-order valence-electron chi connectivity index (χ1n) is 2.13. The zero-order valence-electron chi connectivity index (χ0n) is 4.05. The van der Waals surface area contributed by atoms with Crippen LogP contribution in [0.25, 0.3) is 0 Å². The van der Waals surface area contributed by atoms with Crippen molar-refractivity contribution in [3.05, 3.63) is 0 Å². The summed E-state index contributed by atoms with van der Waals surface area (Å²) in [5.41, 5.74) is 10.1. The van der Waals surface area contributed by atoms with Gasteiger partial charge in [0.15, 0.2) is 0 Å². The van der Waals surface area contributed by atoms with Gasteiger partial charge in [0.1, 0.15) is 0 Å². The van der Waals surface area contributed by atoms with E-state index in [0.717, 1.165) is 0 Å². The molecule has 41 valence electrons. The molecule has 3 heteroatoms. The fourth-order valence-corrected chi connectivity index (χ4v) is 0.192. The monoisotopic (exact) mass is 101 g/mol. The summed E-state index contributed by atoms with van der Waals surface area (Å²) in [4.78, 5) is 9.68. The molecule has 0 unspecified atom stereocenters. The van der Waals surface area contributed by atoms with Gasteiger partial charge in [0, 0.05) is 19.0 Å². The molecule has 0 atom stereocenters. The zero-order chi connectivity index (χ0) is 5.70. The lowest BCUT2D eigenvalue weighted by atomic mass is 10.2. The number of hydrogen-bond donors (Lipinski definition) is 2. The van der Waals surface area contributed by atoms with Crippen molar-refractivity contribution in [2.75, 3.05) is 13.1 Å². The average molecular weight is 101 g/mol. The van der Waals surface area contributed by atoms with Crippen LogP contribution in [0.15, 0.2) is 0 Å². The molecule has 4 N–H and O–H groups in total. The second-order valence-electron chi connectivity index (χ2n) is 1.29. The Labute approximate surface area is 42.7 Å². The van der Waals surface area contributed by atoms with Gasteiger partial charge in [0.2, 0.25) is 6.29 Å². The third-order valence-corrected chi connectivity index (χ3v) is 0.736. The zero-order valence-corrected chi connectivity index (χ0v) is 4.05. The van der Waals surface area contributed by atoms with Gasteiger partial charge >= 0.3 is 0 Å². The van der Waals surface area contributed by atoms with Crippen molar-refractivity contribution >= 4 is 6.29 Å². The maximum Gasteiger partial charge on any atom is 0.204 e. The Morgan fingerprint density at radius 3 is 1.86 bits per heavy atom. The minimum atomic E-state index is -0.264. The first-order chi connectivity index (χ1) is 3.35. The van der Waals surface area contributed by atoms with Crippen LogP contribution in [-0.4, -0.2) is 19.4 Å². The van der Waals surface area contributed by atoms with Crippen LogP contribution in [0.3, 0.4) is 0 Å². The Morgan fingerprint density at radius 1 is 1.43 bits per heavy atom. The summed E-state index contributed by atoms with van der Waals surface area (Å²) in [5, 5.41) is 0. The fourth-order valence-electron chi connectivity index (χ4n) is 0.192. The average Bonchev–Trinajstić information content (AvgIpc) is 1.72. The molecule has 0 heterocycles. The Kier molecular flexibility index (Phi) is 3.55. The molecule has 0 aromatic heterocycles. The predicted molar refractivity (Wildman–Crippen MR) is 27.3 cm³/mol. The molecule has 0 saturated heterocycles. The summed E-state index contributed by atoms with van der Waals surface area (Å²) >= 11 is 0. The van der Waals surface area contributed by atoms with Crippen LogP contribution in [-0.2, 0) is 4.79 Å². The van der Waals surface area contributed by atoms with E-state index < -0.39 is 0 Å². The third-order valence-electron chi connectivity index (χ3n) is 0.736. The van der Waals surface area contributed by atoms with Crippen LogP contribution in [0, 0.1) is 5.92 Å². The van der Waals surface area contributed by atoms with Gasteiger partial charge in [-0.3, -0.25) is 4.79 Å². The van der Waals surface area contributed by atoms with Gasteiger partial charge in [-0.15, -0.1) is 0 Å². The highest BCUT2D eigenvalue weighted by atomic mass is 16.1. The van der Waals surface area contributed by atoms with Crippen molar-refractivity contribution in [3.63, 3.8) is 0 Å². The fraction of sp³-hybridized carbons (Fsp3) is 0.750. The first-order valence-corrected chi connectivity index (χ1v) is 2.13. The van der Waals surface area contributed by atoms with Crippen LogP contribution in [0.1, 0.15) is 0 Å². The van der Waals surface area contributed by atoms with E-state index in [1.54, 1.807) is 6.29 Å². The minimum Gasteiger partial charge on any atom is -0.330 e. The maximum absolute atomic E-state index is 9.68. The van der Waals surface area contributed by atoms with Crippen LogP contribution in [0.5, 0.6) is 0 Å². The topological polar surface area (TPSA) is 69.1 Å². The van der Waals surface area contributed by atoms with Gasteiger partial charge in [-0.1, -0.05) is 0 Å². The van der Waals surface area contributed by atoms with Crippen LogP contribution >= 0.6 is 0 Å². The SMILES string of the molecule is NCC([C]=O)CN. The number of hydrogen-bond acceptors (Lipinski definition) is 3. The number of nitrogens with two attached hydrogens (primary N) is 2. The van der Waals surface area contributed by atoms with Gasteiger partial charge < -0.3 is 11.5 Å². The van der Waals surface area contributed by atoms with Crippen molar-refractivity contribution in [1.82, 2.24) is 0 Å². The van der Waals surface area contributed by atoms with Crippen molar-refractivity contribution in [1.29, 1.82) is 0 Å². The highest BCUT2D eigenvalue weighted by molar-refractivity contribution is 5.54. The lowest BCUT2D eigenvalue weighted by Crippen LogP contribution is -2.23. The normalized spacial score (nSPS) is 9.57. The van der Waals surface area contributed by atoms with E-state index in [-0.39, 0.29) is 5.92 Å². The molecule has 0 aromatic rings. The van der Waals surface area contributed by atoms with Gasteiger partial charge in [-0.05, 0) is 0 Å². The Morgan fingerprint density at radius 2 is 1.86 bits per heavy atom. The molecule has 0 rings (SSSR count). The van der Waals surface area contributed by atoms with E-state index in [1.807, 2.05) is 0 Å². The summed E-state index contributed by atoms with van der Waals surface area (Å²) in [6, 6.07) is 0. The quantitative estimate of drug-likeness (QED) is 0.461. The van der Waals surface area contributed by atoms with Crippen LogP contribution < -0.4 is 11.5 Å². The summed E-state index contributed by atoms with van der Waals surface area (Å²) in [6.45, 7) is 0.611. The molecular weight excluding hydrogens is 92.1 g/mol. The van der Waals surface area contributed by atoms with E-state index >= 15 is 0 Å². The molecule has 0 bridgehead atoms. The standard InChI is InChI=1S/C4H9N2O/c5-1-4(2-6)3-7/h4H,1-2,5-6H2. The molecule has 0 aliphatic heterocycles. The van der Waals surface area contributed by atoms with Crippen molar-refractivity contribution in [2.24, 2.45) is 17.4 Å². The lowest BCUT2D eigenvalue weighted by Gasteiger charge is -1.96. The second kappa shape index (κ2) is 3.77. The lowest BCUT2D eigenvalue weighted by molar-refractivity contribution is 0.523. The van der Waals surface area contributed by atoms with Crippen LogP contribution in [0.2, 0.25) is 0 Å². The number of rotatable bonds is 3. The summed E-state index contributed by atoms with van der Waals surface area (Å²) in [6.07, 6.45) is 1.70. The highest BCUT2D eigenvalue weighted by Gasteiger charge is 1.99. The molecule has 0 aliphatic rings. The first kappa shape index (κ1) is 6.59. The molecule has 0 saturated carbocycles. The van der Waals surface area contributed by atoms with E-state index in [4.69, 9.17) is 11.5 Å².